The number of aromatic nitrogens is 2. The van der Waals surface area contributed by atoms with Crippen LogP contribution < -0.4 is 15.8 Å². The Labute approximate surface area is 100 Å². The van der Waals surface area contributed by atoms with E-state index in [1.54, 1.807) is 0 Å². The predicted octanol–water partition coefficient (Wildman–Crippen LogP) is 0.639. The number of aliphatic hydroxyl groups excluding tert-OH is 1. The average molecular weight is 238 g/mol. The largest absolute Gasteiger partial charge is 0.479 e. The van der Waals surface area contributed by atoms with Crippen molar-refractivity contribution in [2.75, 3.05) is 18.2 Å². The number of nitrogen functional groups attached to an aromatic ring is 1. The van der Waals surface area contributed by atoms with Crippen molar-refractivity contribution >= 4 is 11.5 Å². The van der Waals surface area contributed by atoms with Crippen LogP contribution in [0.5, 0.6) is 5.88 Å². The van der Waals surface area contributed by atoms with Gasteiger partial charge in [0.25, 0.3) is 0 Å². The number of hydrogen-bond acceptors (Lipinski definition) is 6. The summed E-state index contributed by atoms with van der Waals surface area (Å²) in [6.45, 7) is 4.01. The lowest BCUT2D eigenvalue weighted by atomic mass is 9.64. The van der Waals surface area contributed by atoms with Gasteiger partial charge in [-0.05, 0) is 6.42 Å². The summed E-state index contributed by atoms with van der Waals surface area (Å²) in [6, 6.07) is 0.152. The number of aliphatic hydroxyl groups is 1. The molecule has 17 heavy (non-hydrogen) atoms. The Morgan fingerprint density at radius 2 is 2.24 bits per heavy atom. The lowest BCUT2D eigenvalue weighted by Gasteiger charge is -2.49. The summed E-state index contributed by atoms with van der Waals surface area (Å²) in [6.07, 6.45) is 1.81. The Kier molecular flexibility index (Phi) is 2.82. The van der Waals surface area contributed by atoms with Gasteiger partial charge in [0.05, 0.1) is 13.2 Å². The van der Waals surface area contributed by atoms with E-state index in [9.17, 15) is 5.11 Å². The van der Waals surface area contributed by atoms with Crippen molar-refractivity contribution in [3.63, 3.8) is 0 Å². The lowest BCUT2D eigenvalue weighted by Crippen LogP contribution is -2.57. The van der Waals surface area contributed by atoms with Crippen LogP contribution in [0.1, 0.15) is 20.3 Å². The SMILES string of the molecule is COc1ncnc(NC2CC(O)C2(C)C)c1N. The molecule has 1 aromatic rings. The molecule has 1 fully saturated rings. The van der Waals surface area contributed by atoms with Crippen molar-refractivity contribution in [3.8, 4) is 5.88 Å². The third-order valence-corrected chi connectivity index (χ3v) is 3.57. The number of nitrogens with two attached hydrogens (primary N) is 1. The predicted molar refractivity (Wildman–Crippen MR) is 64.8 cm³/mol. The first kappa shape index (κ1) is 11.9. The molecule has 2 atom stereocenters. The topological polar surface area (TPSA) is 93.3 Å². The Bertz CT molecular complexity index is 422. The monoisotopic (exact) mass is 238 g/mol. The molecule has 1 heterocycles. The molecule has 1 saturated carbocycles. The minimum atomic E-state index is -0.287. The van der Waals surface area contributed by atoms with Crippen LogP contribution in [-0.4, -0.2) is 34.3 Å². The molecule has 1 aromatic heterocycles. The molecule has 0 saturated heterocycles. The van der Waals surface area contributed by atoms with Crippen molar-refractivity contribution in [1.29, 1.82) is 0 Å². The van der Waals surface area contributed by atoms with Crippen molar-refractivity contribution in [1.82, 2.24) is 9.97 Å². The molecule has 1 aliphatic carbocycles. The number of nitrogens with one attached hydrogen (secondary N) is 1. The van der Waals surface area contributed by atoms with Gasteiger partial charge in [0.2, 0.25) is 5.88 Å². The highest BCUT2D eigenvalue weighted by Gasteiger charge is 2.47. The Morgan fingerprint density at radius 1 is 1.53 bits per heavy atom. The molecular weight excluding hydrogens is 220 g/mol. The molecule has 0 amide bonds. The Balaban J connectivity index is 2.15. The van der Waals surface area contributed by atoms with Crippen LogP contribution in [0.3, 0.4) is 0 Å². The molecule has 4 N–H and O–H groups in total. The first-order chi connectivity index (χ1) is 7.96. The Hall–Kier alpha value is -1.56. The van der Waals surface area contributed by atoms with Gasteiger partial charge < -0.3 is 20.9 Å². The van der Waals surface area contributed by atoms with Crippen LogP contribution in [0.15, 0.2) is 6.33 Å². The molecule has 1 aliphatic rings. The van der Waals surface area contributed by atoms with Crippen molar-refractivity contribution < 1.29 is 9.84 Å². The van der Waals surface area contributed by atoms with Crippen LogP contribution in [-0.2, 0) is 0 Å². The summed E-state index contributed by atoms with van der Waals surface area (Å²) < 4.78 is 5.03. The van der Waals surface area contributed by atoms with Crippen LogP contribution in [0.4, 0.5) is 11.5 Å². The number of nitrogens with zero attached hydrogens (tertiary/aromatic N) is 2. The van der Waals surface area contributed by atoms with Crippen molar-refractivity contribution in [2.45, 2.75) is 32.4 Å². The van der Waals surface area contributed by atoms with Crippen LogP contribution in [0, 0.1) is 5.41 Å². The highest BCUT2D eigenvalue weighted by Crippen LogP contribution is 2.42. The first-order valence-corrected chi connectivity index (χ1v) is 5.56. The fraction of sp³-hybridized carbons (Fsp3) is 0.636. The Morgan fingerprint density at radius 3 is 2.76 bits per heavy atom. The molecular formula is C11H18N4O2. The van der Waals surface area contributed by atoms with Gasteiger partial charge in [-0.25, -0.2) is 4.98 Å². The van der Waals surface area contributed by atoms with E-state index in [-0.39, 0.29) is 17.6 Å². The zero-order chi connectivity index (χ0) is 12.6. The second kappa shape index (κ2) is 4.03. The summed E-state index contributed by atoms with van der Waals surface area (Å²) >= 11 is 0. The van der Waals surface area contributed by atoms with E-state index in [4.69, 9.17) is 10.5 Å². The van der Waals surface area contributed by atoms with Gasteiger partial charge in [-0.3, -0.25) is 0 Å². The maximum atomic E-state index is 9.67. The van der Waals surface area contributed by atoms with Crippen molar-refractivity contribution in [2.24, 2.45) is 5.41 Å². The van der Waals surface area contributed by atoms with Gasteiger partial charge in [-0.15, -0.1) is 0 Å². The van der Waals surface area contributed by atoms with E-state index in [0.29, 0.717) is 23.8 Å². The minimum absolute atomic E-state index is 0.152. The highest BCUT2D eigenvalue weighted by molar-refractivity contribution is 5.67. The summed E-state index contributed by atoms with van der Waals surface area (Å²) in [5.74, 6) is 0.919. The molecule has 0 radical (unpaired) electrons. The van der Waals surface area contributed by atoms with Gasteiger partial charge in [0, 0.05) is 11.5 Å². The summed E-state index contributed by atoms with van der Waals surface area (Å²) in [5.41, 5.74) is 6.09. The zero-order valence-corrected chi connectivity index (χ0v) is 10.3. The van der Waals surface area contributed by atoms with E-state index in [1.807, 2.05) is 13.8 Å². The third kappa shape index (κ3) is 1.88. The van der Waals surface area contributed by atoms with Gasteiger partial charge >= 0.3 is 0 Å². The molecule has 6 nitrogen and oxygen atoms in total. The van der Waals surface area contributed by atoms with Gasteiger partial charge in [-0.2, -0.15) is 4.98 Å². The zero-order valence-electron chi connectivity index (χ0n) is 10.3. The van der Waals surface area contributed by atoms with Gasteiger partial charge in [-0.1, -0.05) is 13.8 Å². The average Bonchev–Trinajstić information content (AvgIpc) is 2.31. The van der Waals surface area contributed by atoms with Crippen molar-refractivity contribution in [3.05, 3.63) is 6.33 Å². The smallest absolute Gasteiger partial charge is 0.242 e. The van der Waals surface area contributed by atoms with E-state index in [1.165, 1.54) is 13.4 Å². The standard InChI is InChI=1S/C11H18N4O2/c1-11(2)6(4-7(11)16)15-9-8(12)10(17-3)14-5-13-9/h5-7,16H,4,12H2,1-3H3,(H,13,14,15). The van der Waals surface area contributed by atoms with Gasteiger partial charge in [0.1, 0.15) is 12.0 Å². The molecule has 94 valence electrons. The summed E-state index contributed by atoms with van der Waals surface area (Å²) in [5, 5.41) is 12.9. The fourth-order valence-electron chi connectivity index (χ4n) is 1.97. The minimum Gasteiger partial charge on any atom is -0.479 e. The molecule has 2 unspecified atom stereocenters. The molecule has 0 aliphatic heterocycles. The number of hydrogen-bond donors (Lipinski definition) is 3. The van der Waals surface area contributed by atoms with Crippen LogP contribution >= 0.6 is 0 Å². The number of anilines is 2. The quantitative estimate of drug-likeness (QED) is 0.715. The van der Waals surface area contributed by atoms with E-state index in [2.05, 4.69) is 15.3 Å². The second-order valence-electron chi connectivity index (χ2n) is 4.92. The normalized spacial score (nSPS) is 26.1. The van der Waals surface area contributed by atoms with Crippen LogP contribution in [0.25, 0.3) is 0 Å². The van der Waals surface area contributed by atoms with Gasteiger partial charge in [0.15, 0.2) is 5.82 Å². The molecule has 0 bridgehead atoms. The summed E-state index contributed by atoms with van der Waals surface area (Å²) in [4.78, 5) is 8.00. The van der Waals surface area contributed by atoms with E-state index in [0.717, 1.165) is 0 Å². The molecule has 0 aromatic carbocycles. The van der Waals surface area contributed by atoms with Crippen LogP contribution in [0.2, 0.25) is 0 Å². The second-order valence-corrected chi connectivity index (χ2v) is 4.92. The highest BCUT2D eigenvalue weighted by atomic mass is 16.5. The lowest BCUT2D eigenvalue weighted by molar-refractivity contribution is -0.0511. The van der Waals surface area contributed by atoms with E-state index < -0.39 is 0 Å². The maximum absolute atomic E-state index is 9.67. The molecule has 0 spiro atoms. The number of ether oxygens (including phenoxy) is 1. The summed E-state index contributed by atoms with van der Waals surface area (Å²) in [7, 11) is 1.51. The number of rotatable bonds is 3. The fourth-order valence-corrected chi connectivity index (χ4v) is 1.97. The van der Waals surface area contributed by atoms with E-state index >= 15 is 0 Å². The third-order valence-electron chi connectivity index (χ3n) is 3.57. The number of methoxy groups -OCH3 is 1. The molecule has 6 heteroatoms. The molecule has 2 rings (SSSR count). The first-order valence-electron chi connectivity index (χ1n) is 5.56. The maximum Gasteiger partial charge on any atom is 0.242 e.